The molecule has 0 atom stereocenters. The Morgan fingerprint density at radius 2 is 2.07 bits per heavy atom. The van der Waals surface area contributed by atoms with Gasteiger partial charge in [-0.05, 0) is 44.4 Å². The summed E-state index contributed by atoms with van der Waals surface area (Å²) in [4.78, 5) is 17.2. The Hall–Kier alpha value is -1.42. The Balaban J connectivity index is 0.00000261. The molecule has 3 rings (SSSR count). The smallest absolute Gasteiger partial charge is 0.191 e. The fraction of sp³-hybridized carbons (Fsp3) is 0.526. The maximum absolute atomic E-state index is 4.72. The van der Waals surface area contributed by atoms with Gasteiger partial charge in [0.05, 0.1) is 11.6 Å². The lowest BCUT2D eigenvalue weighted by Crippen LogP contribution is -2.38. The molecule has 1 aliphatic rings. The zero-order valence-corrected chi connectivity index (χ0v) is 19.2. The van der Waals surface area contributed by atoms with Crippen LogP contribution in [0.1, 0.15) is 35.2 Å². The van der Waals surface area contributed by atoms with Gasteiger partial charge < -0.3 is 15.5 Å². The first-order valence-corrected chi connectivity index (χ1v) is 10.2. The van der Waals surface area contributed by atoms with Crippen molar-refractivity contribution in [2.45, 2.75) is 39.7 Å². The molecular formula is C19H29IN6S. The van der Waals surface area contributed by atoms with Gasteiger partial charge >= 0.3 is 0 Å². The summed E-state index contributed by atoms with van der Waals surface area (Å²) in [5.74, 6) is 1.92. The zero-order valence-electron chi connectivity index (χ0n) is 16.1. The van der Waals surface area contributed by atoms with Crippen molar-refractivity contribution in [3.8, 4) is 0 Å². The standard InChI is InChI=1S/C19H28N6S.HI/c1-3-20-19(22-9-7-18-23-13-15(2)26-18)24-14-16-6-8-21-17(12-16)25-10-4-5-11-25;/h6,8,12-13H,3-5,7,9-11,14H2,1-2H3,(H2,20,22,24);1H. The lowest BCUT2D eigenvalue weighted by Gasteiger charge is -2.16. The number of thiazole rings is 1. The average molecular weight is 500 g/mol. The minimum Gasteiger partial charge on any atom is -0.357 e. The molecule has 0 aromatic carbocycles. The van der Waals surface area contributed by atoms with Crippen molar-refractivity contribution in [1.82, 2.24) is 20.6 Å². The number of anilines is 1. The Labute approximate surface area is 182 Å². The molecular weight excluding hydrogens is 471 g/mol. The molecule has 0 aliphatic carbocycles. The number of hydrogen-bond donors (Lipinski definition) is 2. The second-order valence-corrected chi connectivity index (χ2v) is 7.77. The largest absolute Gasteiger partial charge is 0.357 e. The number of guanidine groups is 1. The molecule has 2 aromatic rings. The highest BCUT2D eigenvalue weighted by atomic mass is 127. The molecule has 1 aliphatic heterocycles. The third-order valence-electron chi connectivity index (χ3n) is 4.30. The van der Waals surface area contributed by atoms with Crippen molar-refractivity contribution in [3.63, 3.8) is 0 Å². The van der Waals surface area contributed by atoms with E-state index in [4.69, 9.17) is 4.99 Å². The number of halogens is 1. The number of aliphatic imine (C=N–C) groups is 1. The zero-order chi connectivity index (χ0) is 18.2. The van der Waals surface area contributed by atoms with E-state index in [0.717, 1.165) is 49.4 Å². The topological polar surface area (TPSA) is 65.4 Å². The normalized spacial score (nSPS) is 14.1. The average Bonchev–Trinajstić information content (AvgIpc) is 3.32. The summed E-state index contributed by atoms with van der Waals surface area (Å²) in [6, 6.07) is 4.21. The monoisotopic (exact) mass is 500 g/mol. The van der Waals surface area contributed by atoms with E-state index in [1.807, 2.05) is 18.5 Å². The summed E-state index contributed by atoms with van der Waals surface area (Å²) in [6.07, 6.45) is 7.26. The summed E-state index contributed by atoms with van der Waals surface area (Å²) in [6.45, 7) is 8.71. The van der Waals surface area contributed by atoms with E-state index in [1.54, 1.807) is 11.3 Å². The van der Waals surface area contributed by atoms with Gasteiger partial charge in [0.25, 0.3) is 0 Å². The van der Waals surface area contributed by atoms with Gasteiger partial charge in [-0.15, -0.1) is 35.3 Å². The van der Waals surface area contributed by atoms with E-state index in [1.165, 1.54) is 23.3 Å². The van der Waals surface area contributed by atoms with Gasteiger partial charge in [0.1, 0.15) is 5.82 Å². The Morgan fingerprint density at radius 3 is 2.78 bits per heavy atom. The van der Waals surface area contributed by atoms with Crippen LogP contribution in [-0.2, 0) is 13.0 Å². The number of rotatable bonds is 7. The predicted molar refractivity (Wildman–Crippen MR) is 124 cm³/mol. The lowest BCUT2D eigenvalue weighted by molar-refractivity contribution is 0.796. The molecule has 3 heterocycles. The molecule has 2 aromatic heterocycles. The number of aryl methyl sites for hydroxylation is 1. The van der Waals surface area contributed by atoms with E-state index in [-0.39, 0.29) is 24.0 Å². The minimum absolute atomic E-state index is 0. The summed E-state index contributed by atoms with van der Waals surface area (Å²) >= 11 is 1.75. The SMILES string of the molecule is CCNC(=NCc1ccnc(N2CCCC2)c1)NCCc1ncc(C)s1.I. The van der Waals surface area contributed by atoms with E-state index in [0.29, 0.717) is 6.54 Å². The van der Waals surface area contributed by atoms with Crippen LogP contribution in [0.2, 0.25) is 0 Å². The summed E-state index contributed by atoms with van der Waals surface area (Å²) in [5, 5.41) is 7.87. The Kier molecular flexibility index (Phi) is 9.26. The van der Waals surface area contributed by atoms with Gasteiger partial charge in [-0.1, -0.05) is 0 Å². The van der Waals surface area contributed by atoms with Crippen molar-refractivity contribution >= 4 is 47.1 Å². The summed E-state index contributed by atoms with van der Waals surface area (Å²) in [5.41, 5.74) is 1.19. The van der Waals surface area contributed by atoms with Crippen molar-refractivity contribution in [2.24, 2.45) is 4.99 Å². The van der Waals surface area contributed by atoms with Crippen LogP contribution in [-0.4, -0.2) is 42.1 Å². The second kappa shape index (κ2) is 11.4. The van der Waals surface area contributed by atoms with Gasteiger partial charge in [-0.25, -0.2) is 15.0 Å². The van der Waals surface area contributed by atoms with E-state index < -0.39 is 0 Å². The van der Waals surface area contributed by atoms with Crippen molar-refractivity contribution < 1.29 is 0 Å². The molecule has 6 nitrogen and oxygen atoms in total. The highest BCUT2D eigenvalue weighted by Gasteiger charge is 2.13. The predicted octanol–water partition coefficient (Wildman–Crippen LogP) is 3.36. The maximum atomic E-state index is 4.72. The molecule has 0 saturated carbocycles. The second-order valence-electron chi connectivity index (χ2n) is 6.45. The van der Waals surface area contributed by atoms with Crippen molar-refractivity contribution in [3.05, 3.63) is 40.0 Å². The molecule has 0 amide bonds. The fourth-order valence-electron chi connectivity index (χ4n) is 3.00. The van der Waals surface area contributed by atoms with Crippen LogP contribution in [0.5, 0.6) is 0 Å². The molecule has 0 spiro atoms. The number of aromatic nitrogens is 2. The van der Waals surface area contributed by atoms with Gasteiger partial charge in [-0.2, -0.15) is 0 Å². The molecule has 148 valence electrons. The van der Waals surface area contributed by atoms with Crippen molar-refractivity contribution in [2.75, 3.05) is 31.1 Å². The molecule has 2 N–H and O–H groups in total. The molecule has 1 fully saturated rings. The van der Waals surface area contributed by atoms with Gasteiger partial charge in [-0.3, -0.25) is 0 Å². The molecule has 27 heavy (non-hydrogen) atoms. The molecule has 0 unspecified atom stereocenters. The van der Waals surface area contributed by atoms with E-state index in [2.05, 4.69) is 45.4 Å². The molecule has 1 saturated heterocycles. The Morgan fingerprint density at radius 1 is 1.26 bits per heavy atom. The first-order chi connectivity index (χ1) is 12.7. The number of pyridine rings is 1. The van der Waals surface area contributed by atoms with Gasteiger partial charge in [0.15, 0.2) is 5.96 Å². The quantitative estimate of drug-likeness (QED) is 0.347. The van der Waals surface area contributed by atoms with Crippen LogP contribution in [0.25, 0.3) is 0 Å². The van der Waals surface area contributed by atoms with Crippen LogP contribution in [0, 0.1) is 6.92 Å². The van der Waals surface area contributed by atoms with Crippen LogP contribution >= 0.6 is 35.3 Å². The Bertz CT molecular complexity index is 726. The summed E-state index contributed by atoms with van der Waals surface area (Å²) < 4.78 is 0. The van der Waals surface area contributed by atoms with E-state index in [9.17, 15) is 0 Å². The van der Waals surface area contributed by atoms with Crippen LogP contribution < -0.4 is 15.5 Å². The highest BCUT2D eigenvalue weighted by molar-refractivity contribution is 14.0. The lowest BCUT2D eigenvalue weighted by atomic mass is 10.2. The summed E-state index contributed by atoms with van der Waals surface area (Å²) in [7, 11) is 0. The number of nitrogens with one attached hydrogen (secondary N) is 2. The minimum atomic E-state index is 0. The molecule has 8 heteroatoms. The van der Waals surface area contributed by atoms with Crippen LogP contribution in [0.15, 0.2) is 29.5 Å². The third-order valence-corrected chi connectivity index (χ3v) is 5.28. The van der Waals surface area contributed by atoms with Gasteiger partial charge in [0, 0.05) is 49.9 Å². The molecule has 0 bridgehead atoms. The number of nitrogens with zero attached hydrogens (tertiary/aromatic N) is 4. The fourth-order valence-corrected chi connectivity index (χ4v) is 3.78. The van der Waals surface area contributed by atoms with E-state index >= 15 is 0 Å². The number of hydrogen-bond acceptors (Lipinski definition) is 5. The van der Waals surface area contributed by atoms with Crippen molar-refractivity contribution in [1.29, 1.82) is 0 Å². The first kappa shape index (κ1) is 21.9. The van der Waals surface area contributed by atoms with Crippen LogP contribution in [0.4, 0.5) is 5.82 Å². The van der Waals surface area contributed by atoms with Gasteiger partial charge in [0.2, 0.25) is 0 Å². The van der Waals surface area contributed by atoms with Crippen LogP contribution in [0.3, 0.4) is 0 Å². The highest BCUT2D eigenvalue weighted by Crippen LogP contribution is 2.18. The molecule has 0 radical (unpaired) electrons. The third kappa shape index (κ3) is 6.91. The first-order valence-electron chi connectivity index (χ1n) is 9.38. The maximum Gasteiger partial charge on any atom is 0.191 e.